The van der Waals surface area contributed by atoms with Crippen molar-refractivity contribution in [3.8, 4) is 0 Å². The van der Waals surface area contributed by atoms with E-state index < -0.39 is 9.84 Å². The summed E-state index contributed by atoms with van der Waals surface area (Å²) in [7, 11) is -3.59. The SMILES string of the molecule is Cc1cccc(S(=O)(=O)c2cc3ccccc3o2)c1. The second kappa shape index (κ2) is 4.24. The number of fused-ring (bicyclic) bond motifs is 1. The molecule has 0 bridgehead atoms. The van der Waals surface area contributed by atoms with E-state index in [0.717, 1.165) is 10.9 Å². The lowest BCUT2D eigenvalue weighted by Gasteiger charge is -2.01. The molecular weight excluding hydrogens is 260 g/mol. The van der Waals surface area contributed by atoms with Crippen LogP contribution in [0, 0.1) is 6.92 Å². The Morgan fingerprint density at radius 3 is 2.47 bits per heavy atom. The predicted octanol–water partition coefficient (Wildman–Crippen LogP) is 3.57. The molecule has 0 aliphatic carbocycles. The lowest BCUT2D eigenvalue weighted by atomic mass is 10.2. The van der Waals surface area contributed by atoms with E-state index in [1.165, 1.54) is 0 Å². The zero-order valence-corrected chi connectivity index (χ0v) is 11.1. The Hall–Kier alpha value is -2.07. The Morgan fingerprint density at radius 2 is 1.74 bits per heavy atom. The number of hydrogen-bond acceptors (Lipinski definition) is 3. The predicted molar refractivity (Wildman–Crippen MR) is 72.8 cm³/mol. The highest BCUT2D eigenvalue weighted by Gasteiger charge is 2.22. The van der Waals surface area contributed by atoms with Gasteiger partial charge in [-0.1, -0.05) is 30.3 Å². The molecule has 2 aromatic carbocycles. The van der Waals surface area contributed by atoms with Crippen molar-refractivity contribution < 1.29 is 12.8 Å². The fourth-order valence-electron chi connectivity index (χ4n) is 1.99. The highest BCUT2D eigenvalue weighted by Crippen LogP contribution is 2.27. The van der Waals surface area contributed by atoms with Crippen molar-refractivity contribution in [3.05, 3.63) is 60.2 Å². The molecule has 19 heavy (non-hydrogen) atoms. The van der Waals surface area contributed by atoms with Crippen LogP contribution in [0.4, 0.5) is 0 Å². The maximum Gasteiger partial charge on any atom is 0.239 e. The average molecular weight is 272 g/mol. The average Bonchev–Trinajstić information content (AvgIpc) is 2.83. The van der Waals surface area contributed by atoms with Gasteiger partial charge in [0.1, 0.15) is 5.58 Å². The van der Waals surface area contributed by atoms with Gasteiger partial charge in [-0.2, -0.15) is 0 Å². The minimum Gasteiger partial charge on any atom is -0.444 e. The summed E-state index contributed by atoms with van der Waals surface area (Å²) in [5.74, 6) is 0. The monoisotopic (exact) mass is 272 g/mol. The summed E-state index contributed by atoms with van der Waals surface area (Å²) in [5.41, 5.74) is 1.48. The Labute approximate surface area is 111 Å². The first kappa shape index (κ1) is 12.0. The summed E-state index contributed by atoms with van der Waals surface area (Å²) in [6, 6.07) is 15.6. The normalized spacial score (nSPS) is 11.8. The number of hydrogen-bond donors (Lipinski definition) is 0. The summed E-state index contributed by atoms with van der Waals surface area (Å²) in [6.07, 6.45) is 0. The quantitative estimate of drug-likeness (QED) is 0.716. The van der Waals surface area contributed by atoms with E-state index in [1.54, 1.807) is 30.3 Å². The molecule has 0 spiro atoms. The van der Waals surface area contributed by atoms with Gasteiger partial charge in [0.05, 0.1) is 4.90 Å². The minimum absolute atomic E-state index is 0.0145. The van der Waals surface area contributed by atoms with E-state index in [4.69, 9.17) is 4.42 Å². The number of rotatable bonds is 2. The smallest absolute Gasteiger partial charge is 0.239 e. The Morgan fingerprint density at radius 1 is 0.947 bits per heavy atom. The molecule has 0 saturated carbocycles. The molecule has 3 nitrogen and oxygen atoms in total. The molecule has 1 aromatic heterocycles. The highest BCUT2D eigenvalue weighted by molar-refractivity contribution is 7.91. The standard InChI is InChI=1S/C15H12O3S/c1-11-5-4-7-13(9-11)19(16,17)15-10-12-6-2-3-8-14(12)18-15/h2-10H,1H3. The molecular formula is C15H12O3S. The molecule has 0 aliphatic heterocycles. The number of para-hydroxylation sites is 1. The third-order valence-corrected chi connectivity index (χ3v) is 4.57. The third-order valence-electron chi connectivity index (χ3n) is 2.97. The molecule has 3 aromatic rings. The summed E-state index contributed by atoms with van der Waals surface area (Å²) < 4.78 is 30.4. The zero-order valence-electron chi connectivity index (χ0n) is 10.3. The number of benzene rings is 2. The summed E-state index contributed by atoms with van der Waals surface area (Å²) in [5, 5.41) is 0.771. The van der Waals surface area contributed by atoms with Gasteiger partial charge in [0.15, 0.2) is 0 Å². The van der Waals surface area contributed by atoms with E-state index in [9.17, 15) is 8.42 Å². The lowest BCUT2D eigenvalue weighted by Crippen LogP contribution is -2.00. The number of aryl methyl sites for hydroxylation is 1. The van der Waals surface area contributed by atoms with Crippen molar-refractivity contribution in [1.29, 1.82) is 0 Å². The van der Waals surface area contributed by atoms with Gasteiger partial charge < -0.3 is 4.42 Å². The van der Waals surface area contributed by atoms with Gasteiger partial charge in [-0.3, -0.25) is 0 Å². The van der Waals surface area contributed by atoms with E-state index in [0.29, 0.717) is 5.58 Å². The molecule has 0 N–H and O–H groups in total. The number of sulfone groups is 1. The van der Waals surface area contributed by atoms with Gasteiger partial charge in [-0.05, 0) is 30.7 Å². The van der Waals surface area contributed by atoms with E-state index in [2.05, 4.69) is 0 Å². The van der Waals surface area contributed by atoms with Gasteiger partial charge in [0.2, 0.25) is 14.9 Å². The zero-order chi connectivity index (χ0) is 13.5. The Kier molecular flexibility index (Phi) is 2.68. The van der Waals surface area contributed by atoms with Crippen molar-refractivity contribution in [1.82, 2.24) is 0 Å². The molecule has 0 fully saturated rings. The fourth-order valence-corrected chi connectivity index (χ4v) is 3.30. The molecule has 3 rings (SSSR count). The van der Waals surface area contributed by atoms with Crippen molar-refractivity contribution in [2.45, 2.75) is 16.9 Å². The van der Waals surface area contributed by atoms with Crippen LogP contribution in [0.25, 0.3) is 11.0 Å². The van der Waals surface area contributed by atoms with Crippen LogP contribution in [0.2, 0.25) is 0 Å². The first-order valence-corrected chi connectivity index (χ1v) is 7.36. The van der Waals surface area contributed by atoms with Crippen LogP contribution in [0.1, 0.15) is 5.56 Å². The van der Waals surface area contributed by atoms with Crippen LogP contribution >= 0.6 is 0 Å². The van der Waals surface area contributed by atoms with Crippen molar-refractivity contribution in [3.63, 3.8) is 0 Å². The van der Waals surface area contributed by atoms with Crippen LogP contribution in [0.5, 0.6) is 0 Å². The van der Waals surface area contributed by atoms with Crippen molar-refractivity contribution in [2.75, 3.05) is 0 Å². The minimum atomic E-state index is -3.59. The third kappa shape index (κ3) is 2.04. The molecule has 0 saturated heterocycles. The fraction of sp³-hybridized carbons (Fsp3) is 0.0667. The molecule has 4 heteroatoms. The first-order valence-electron chi connectivity index (χ1n) is 5.88. The second-order valence-electron chi connectivity index (χ2n) is 4.42. The molecule has 0 unspecified atom stereocenters. The van der Waals surface area contributed by atoms with Gasteiger partial charge in [0, 0.05) is 11.5 Å². The molecule has 0 atom stereocenters. The summed E-state index contributed by atoms with van der Waals surface area (Å²) >= 11 is 0. The highest BCUT2D eigenvalue weighted by atomic mass is 32.2. The molecule has 96 valence electrons. The first-order chi connectivity index (χ1) is 9.07. The molecule has 0 amide bonds. The lowest BCUT2D eigenvalue weighted by molar-refractivity contribution is 0.481. The number of furan rings is 1. The van der Waals surface area contributed by atoms with Crippen LogP contribution < -0.4 is 0 Å². The Balaban J connectivity index is 2.19. The molecule has 1 heterocycles. The molecule has 0 radical (unpaired) electrons. The van der Waals surface area contributed by atoms with Gasteiger partial charge in [-0.15, -0.1) is 0 Å². The topological polar surface area (TPSA) is 47.3 Å². The van der Waals surface area contributed by atoms with E-state index in [-0.39, 0.29) is 9.99 Å². The molecule has 0 aliphatic rings. The van der Waals surface area contributed by atoms with Gasteiger partial charge in [-0.25, -0.2) is 8.42 Å². The van der Waals surface area contributed by atoms with Crippen molar-refractivity contribution >= 4 is 20.8 Å². The van der Waals surface area contributed by atoms with Crippen LogP contribution in [-0.4, -0.2) is 8.42 Å². The maximum absolute atomic E-state index is 12.5. The van der Waals surface area contributed by atoms with Crippen LogP contribution in [-0.2, 0) is 9.84 Å². The largest absolute Gasteiger partial charge is 0.444 e. The van der Waals surface area contributed by atoms with Gasteiger partial charge in [0.25, 0.3) is 0 Å². The van der Waals surface area contributed by atoms with Gasteiger partial charge >= 0.3 is 0 Å². The summed E-state index contributed by atoms with van der Waals surface area (Å²) in [4.78, 5) is 0.256. The van der Waals surface area contributed by atoms with E-state index >= 15 is 0 Å². The van der Waals surface area contributed by atoms with Crippen molar-refractivity contribution in [2.24, 2.45) is 0 Å². The maximum atomic E-state index is 12.5. The second-order valence-corrected chi connectivity index (χ2v) is 6.30. The van der Waals surface area contributed by atoms with Crippen LogP contribution in [0.15, 0.2) is 69.0 Å². The van der Waals surface area contributed by atoms with Crippen LogP contribution in [0.3, 0.4) is 0 Å². The summed E-state index contributed by atoms with van der Waals surface area (Å²) in [6.45, 7) is 1.86. The Bertz CT molecular complexity index is 811. The van der Waals surface area contributed by atoms with E-state index in [1.807, 2.05) is 31.2 Å².